The fraction of sp³-hybridized carbons (Fsp3) is 0.467. The average Bonchev–Trinajstić information content (AvgIpc) is 2.35. The lowest BCUT2D eigenvalue weighted by Gasteiger charge is -2.19. The topological polar surface area (TPSA) is 76.7 Å². The number of carbonyl (C=O) groups excluding carboxylic acids is 1. The number of carbonyl (C=O) groups is 1. The molecule has 0 aliphatic heterocycles. The van der Waals surface area contributed by atoms with Crippen molar-refractivity contribution in [1.29, 1.82) is 0 Å². The third kappa shape index (κ3) is 7.41. The summed E-state index contributed by atoms with van der Waals surface area (Å²) >= 11 is 0. The first kappa shape index (κ1) is 16.0. The summed E-state index contributed by atoms with van der Waals surface area (Å²) in [5.74, 6) is 0.175. The van der Waals surface area contributed by atoms with Crippen molar-refractivity contribution in [3.8, 4) is 0 Å². The largest absolute Gasteiger partial charge is 0.384 e. The fourth-order valence-electron chi connectivity index (χ4n) is 1.59. The lowest BCUT2D eigenvalue weighted by molar-refractivity contribution is -0.127. The number of hydrogen-bond donors (Lipinski definition) is 2. The highest BCUT2D eigenvalue weighted by Crippen LogP contribution is 2.02. The summed E-state index contributed by atoms with van der Waals surface area (Å²) in [5.41, 5.74) is 6.64. The second kappa shape index (κ2) is 7.53. The molecule has 0 bridgehead atoms. The number of hydrogen-bond acceptors (Lipinski definition) is 3. The van der Waals surface area contributed by atoms with Crippen molar-refractivity contribution in [1.82, 2.24) is 5.32 Å². The Balaban J connectivity index is 2.27. The van der Waals surface area contributed by atoms with Gasteiger partial charge < -0.3 is 15.9 Å². The van der Waals surface area contributed by atoms with Crippen molar-refractivity contribution in [3.63, 3.8) is 0 Å². The summed E-state index contributed by atoms with van der Waals surface area (Å²) in [5, 5.41) is 6.52. The zero-order valence-electron chi connectivity index (χ0n) is 12.3. The first-order valence-electron chi connectivity index (χ1n) is 6.66. The van der Waals surface area contributed by atoms with Crippen LogP contribution in [0.3, 0.4) is 0 Å². The molecule has 0 aromatic heterocycles. The van der Waals surface area contributed by atoms with Crippen LogP contribution in [0.1, 0.15) is 32.8 Å². The molecule has 0 saturated carbocycles. The molecule has 0 saturated heterocycles. The Morgan fingerprint density at radius 2 is 1.95 bits per heavy atom. The van der Waals surface area contributed by atoms with Gasteiger partial charge in [0.15, 0.2) is 6.61 Å². The number of oxime groups is 1. The van der Waals surface area contributed by atoms with Crippen LogP contribution in [0.4, 0.5) is 0 Å². The number of nitrogens with two attached hydrogens (primary N) is 1. The third-order valence-electron chi connectivity index (χ3n) is 2.40. The van der Waals surface area contributed by atoms with Crippen LogP contribution < -0.4 is 11.1 Å². The molecule has 1 rings (SSSR count). The number of nitrogens with one attached hydrogen (secondary N) is 1. The molecule has 20 heavy (non-hydrogen) atoms. The van der Waals surface area contributed by atoms with Crippen LogP contribution in [-0.2, 0) is 16.1 Å². The summed E-state index contributed by atoms with van der Waals surface area (Å²) in [6, 6.07) is 10.00. The number of amides is 1. The predicted molar refractivity (Wildman–Crippen MR) is 80.2 cm³/mol. The number of aryl methyl sites for hydroxylation is 1. The zero-order valence-corrected chi connectivity index (χ0v) is 12.3. The first-order chi connectivity index (χ1) is 9.37. The number of rotatable bonds is 6. The maximum Gasteiger partial charge on any atom is 0.261 e. The van der Waals surface area contributed by atoms with Crippen molar-refractivity contribution < 1.29 is 9.63 Å². The van der Waals surface area contributed by atoms with E-state index >= 15 is 0 Å². The van der Waals surface area contributed by atoms with E-state index in [1.54, 1.807) is 0 Å². The molecule has 5 heteroatoms. The number of benzene rings is 1. The minimum atomic E-state index is -0.275. The van der Waals surface area contributed by atoms with E-state index in [1.165, 1.54) is 5.56 Å². The number of amidine groups is 1. The molecule has 0 heterocycles. The van der Waals surface area contributed by atoms with Gasteiger partial charge in [-0.15, -0.1) is 0 Å². The maximum atomic E-state index is 11.5. The lowest BCUT2D eigenvalue weighted by Crippen LogP contribution is -2.42. The van der Waals surface area contributed by atoms with E-state index in [-0.39, 0.29) is 18.1 Å². The van der Waals surface area contributed by atoms with Crippen molar-refractivity contribution in [2.45, 2.75) is 39.2 Å². The van der Waals surface area contributed by atoms with Crippen LogP contribution in [0.25, 0.3) is 0 Å². The Morgan fingerprint density at radius 3 is 2.55 bits per heavy atom. The molecule has 5 nitrogen and oxygen atoms in total. The van der Waals surface area contributed by atoms with Crippen molar-refractivity contribution in [3.05, 3.63) is 35.9 Å². The van der Waals surface area contributed by atoms with E-state index < -0.39 is 0 Å². The van der Waals surface area contributed by atoms with E-state index in [0.717, 1.165) is 6.42 Å². The molecule has 0 radical (unpaired) electrons. The number of nitrogens with zero attached hydrogens (tertiary/aromatic N) is 1. The third-order valence-corrected chi connectivity index (χ3v) is 2.40. The predicted octanol–water partition coefficient (Wildman–Crippen LogP) is 1.82. The van der Waals surface area contributed by atoms with Crippen LogP contribution in [0.15, 0.2) is 35.5 Å². The molecule has 110 valence electrons. The Bertz CT molecular complexity index is 450. The summed E-state index contributed by atoms with van der Waals surface area (Å²) in [7, 11) is 0. The van der Waals surface area contributed by atoms with Gasteiger partial charge in [0.25, 0.3) is 5.91 Å². The Morgan fingerprint density at radius 1 is 1.30 bits per heavy atom. The smallest absolute Gasteiger partial charge is 0.261 e. The van der Waals surface area contributed by atoms with Gasteiger partial charge in [-0.05, 0) is 32.8 Å². The Hall–Kier alpha value is -2.04. The van der Waals surface area contributed by atoms with Gasteiger partial charge >= 0.3 is 0 Å². The monoisotopic (exact) mass is 277 g/mol. The molecular formula is C15H23N3O2. The fourth-order valence-corrected chi connectivity index (χ4v) is 1.59. The van der Waals surface area contributed by atoms with Crippen LogP contribution in [0, 0.1) is 0 Å². The van der Waals surface area contributed by atoms with E-state index in [2.05, 4.69) is 10.5 Å². The molecular weight excluding hydrogens is 254 g/mol. The van der Waals surface area contributed by atoms with Gasteiger partial charge in [0.1, 0.15) is 5.84 Å². The molecule has 0 unspecified atom stereocenters. The van der Waals surface area contributed by atoms with E-state index in [0.29, 0.717) is 12.3 Å². The van der Waals surface area contributed by atoms with Crippen molar-refractivity contribution in [2.75, 3.05) is 6.61 Å². The molecule has 1 aromatic rings. The highest BCUT2D eigenvalue weighted by Gasteiger charge is 2.13. The van der Waals surface area contributed by atoms with E-state index in [1.807, 2.05) is 51.1 Å². The highest BCUT2D eigenvalue weighted by atomic mass is 16.6. The normalized spacial score (nSPS) is 12.1. The molecule has 0 aliphatic carbocycles. The van der Waals surface area contributed by atoms with Crippen LogP contribution in [0.2, 0.25) is 0 Å². The standard InChI is InChI=1S/C15H23N3O2/c1-15(2,3)17-14(19)11-20-18-13(16)10-9-12-7-5-4-6-8-12/h4-8H,9-11H2,1-3H3,(H2,16,18)(H,17,19). The summed E-state index contributed by atoms with van der Waals surface area (Å²) in [4.78, 5) is 16.4. The van der Waals surface area contributed by atoms with E-state index in [9.17, 15) is 4.79 Å². The Labute approximate surface area is 120 Å². The van der Waals surface area contributed by atoms with Gasteiger partial charge in [-0.1, -0.05) is 35.5 Å². The van der Waals surface area contributed by atoms with Gasteiger partial charge in [-0.3, -0.25) is 4.79 Å². The summed E-state index contributed by atoms with van der Waals surface area (Å²) in [6.07, 6.45) is 1.40. The minimum absolute atomic E-state index is 0.122. The summed E-state index contributed by atoms with van der Waals surface area (Å²) < 4.78 is 0. The SMILES string of the molecule is CC(C)(C)NC(=O)CO/N=C(\N)CCc1ccccc1. The van der Waals surface area contributed by atoms with Gasteiger partial charge in [0.05, 0.1) is 0 Å². The van der Waals surface area contributed by atoms with Gasteiger partial charge in [0.2, 0.25) is 0 Å². The van der Waals surface area contributed by atoms with Gasteiger partial charge in [0, 0.05) is 12.0 Å². The quantitative estimate of drug-likeness (QED) is 0.473. The molecule has 1 amide bonds. The first-order valence-corrected chi connectivity index (χ1v) is 6.66. The summed E-state index contributed by atoms with van der Waals surface area (Å²) in [6.45, 7) is 5.59. The van der Waals surface area contributed by atoms with Crippen LogP contribution in [-0.4, -0.2) is 23.9 Å². The van der Waals surface area contributed by atoms with Crippen molar-refractivity contribution >= 4 is 11.7 Å². The molecule has 0 aliphatic rings. The van der Waals surface area contributed by atoms with Crippen LogP contribution in [0.5, 0.6) is 0 Å². The average molecular weight is 277 g/mol. The highest BCUT2D eigenvalue weighted by molar-refractivity contribution is 5.80. The van der Waals surface area contributed by atoms with Crippen molar-refractivity contribution in [2.24, 2.45) is 10.9 Å². The molecule has 1 aromatic carbocycles. The molecule has 0 fully saturated rings. The second-order valence-corrected chi connectivity index (χ2v) is 5.64. The Kier molecular flexibility index (Phi) is 6.03. The van der Waals surface area contributed by atoms with Gasteiger partial charge in [-0.25, -0.2) is 0 Å². The molecule has 3 N–H and O–H groups in total. The zero-order chi connectivity index (χ0) is 15.0. The molecule has 0 atom stereocenters. The van der Waals surface area contributed by atoms with Gasteiger partial charge in [-0.2, -0.15) is 0 Å². The lowest BCUT2D eigenvalue weighted by atomic mass is 10.1. The minimum Gasteiger partial charge on any atom is -0.384 e. The molecule has 0 spiro atoms. The second-order valence-electron chi connectivity index (χ2n) is 5.64. The van der Waals surface area contributed by atoms with E-state index in [4.69, 9.17) is 10.6 Å². The maximum absolute atomic E-state index is 11.5. The van der Waals surface area contributed by atoms with Crippen LogP contribution >= 0.6 is 0 Å².